The lowest BCUT2D eigenvalue weighted by molar-refractivity contribution is -0.127. The number of amides is 2. The largest absolute Gasteiger partial charge is 0.352 e. The summed E-state index contributed by atoms with van der Waals surface area (Å²) in [6.07, 6.45) is 3.16. The van der Waals surface area contributed by atoms with E-state index in [4.69, 9.17) is 0 Å². The third-order valence-electron chi connectivity index (χ3n) is 5.78. The van der Waals surface area contributed by atoms with Gasteiger partial charge in [-0.15, -0.1) is 0 Å². The monoisotopic (exact) mass is 399 g/mol. The molecule has 1 aliphatic rings. The van der Waals surface area contributed by atoms with Crippen molar-refractivity contribution >= 4 is 17.5 Å². The van der Waals surface area contributed by atoms with E-state index in [1.54, 1.807) is 14.0 Å². The van der Waals surface area contributed by atoms with Crippen molar-refractivity contribution in [1.29, 1.82) is 0 Å². The summed E-state index contributed by atoms with van der Waals surface area (Å²) >= 11 is 0. The predicted octanol–water partition coefficient (Wildman–Crippen LogP) is 3.30. The van der Waals surface area contributed by atoms with Crippen LogP contribution in [0.3, 0.4) is 0 Å². The van der Waals surface area contributed by atoms with Crippen LogP contribution in [-0.2, 0) is 9.59 Å². The van der Waals surface area contributed by atoms with E-state index in [-0.39, 0.29) is 18.5 Å². The number of carbonyl (C=O) groups excluding carboxylic acids is 2. The number of carbonyl (C=O) groups is 2. The fourth-order valence-corrected chi connectivity index (χ4v) is 3.46. The molecule has 1 saturated carbocycles. The van der Waals surface area contributed by atoms with Crippen molar-refractivity contribution in [3.8, 4) is 0 Å². The minimum Gasteiger partial charge on any atom is -0.352 e. The zero-order chi connectivity index (χ0) is 21.0. The molecule has 2 N–H and O–H groups in total. The van der Waals surface area contributed by atoms with Gasteiger partial charge in [0.2, 0.25) is 11.8 Å². The van der Waals surface area contributed by atoms with E-state index in [0.717, 1.165) is 31.4 Å². The third kappa shape index (κ3) is 5.25. The smallest absolute Gasteiger partial charge is 0.238 e. The molecule has 0 bridgehead atoms. The average molecular weight is 399 g/mol. The maximum Gasteiger partial charge on any atom is 0.238 e. The Bertz CT molecular complexity index is 729. The summed E-state index contributed by atoms with van der Waals surface area (Å²) in [7, 11) is 1.60. The molecule has 5 nitrogen and oxygen atoms in total. The van der Waals surface area contributed by atoms with E-state index >= 15 is 0 Å². The number of hydrogen-bond acceptors (Lipinski definition) is 3. The summed E-state index contributed by atoms with van der Waals surface area (Å²) in [5, 5.41) is 5.27. The van der Waals surface area contributed by atoms with E-state index in [1.165, 1.54) is 4.90 Å². The van der Waals surface area contributed by atoms with Gasteiger partial charge in [-0.25, -0.2) is 13.2 Å². The summed E-state index contributed by atoms with van der Waals surface area (Å²) in [5.74, 6) is -4.31. The van der Waals surface area contributed by atoms with Crippen molar-refractivity contribution in [3.63, 3.8) is 0 Å². The number of hydrogen-bond donors (Lipinski definition) is 2. The highest BCUT2D eigenvalue weighted by Crippen LogP contribution is 2.29. The Kier molecular flexibility index (Phi) is 7.46. The maximum absolute atomic E-state index is 13.7. The molecule has 1 aromatic rings. The Balaban J connectivity index is 1.90. The Hall–Kier alpha value is -2.09. The summed E-state index contributed by atoms with van der Waals surface area (Å²) in [5.41, 5.74) is -0.445. The molecule has 0 spiro atoms. The SMILES string of the molecule is C[C@@H]1[C@H](C)CCC[C@H]1NC(=O)[C@@H](C)N(C)CC(=O)Nc1ccc(F)c(F)c1F. The third-order valence-corrected chi connectivity index (χ3v) is 5.78. The highest BCUT2D eigenvalue weighted by Gasteiger charge is 2.30. The van der Waals surface area contributed by atoms with Crippen molar-refractivity contribution in [3.05, 3.63) is 29.6 Å². The zero-order valence-electron chi connectivity index (χ0n) is 16.7. The van der Waals surface area contributed by atoms with Gasteiger partial charge < -0.3 is 10.6 Å². The van der Waals surface area contributed by atoms with Crippen LogP contribution in [-0.4, -0.2) is 42.4 Å². The molecule has 1 fully saturated rings. The standard InChI is InChI=1S/C20H28F3N3O2/c1-11-6-5-7-15(12(11)2)25-20(28)13(3)26(4)10-17(27)24-16-9-8-14(21)18(22)19(16)23/h8-9,11-13,15H,5-7,10H2,1-4H3,(H,24,27)(H,25,28)/t11-,12-,13-,15-/m1/s1. The molecule has 0 radical (unpaired) electrons. The molecule has 1 aromatic carbocycles. The molecule has 0 saturated heterocycles. The van der Waals surface area contributed by atoms with Crippen LogP contribution < -0.4 is 10.6 Å². The lowest BCUT2D eigenvalue weighted by atomic mass is 9.78. The molecule has 0 aromatic heterocycles. The topological polar surface area (TPSA) is 61.4 Å². The van der Waals surface area contributed by atoms with E-state index < -0.39 is 35.1 Å². The minimum absolute atomic E-state index is 0.109. The van der Waals surface area contributed by atoms with E-state index in [0.29, 0.717) is 11.8 Å². The molecule has 0 unspecified atom stereocenters. The summed E-state index contributed by atoms with van der Waals surface area (Å²) in [6, 6.07) is 1.22. The van der Waals surface area contributed by atoms with Gasteiger partial charge in [0, 0.05) is 6.04 Å². The molecule has 1 aliphatic carbocycles. The molecule has 28 heavy (non-hydrogen) atoms. The Morgan fingerprint density at radius 3 is 2.54 bits per heavy atom. The van der Waals surface area contributed by atoms with Gasteiger partial charge in [0.25, 0.3) is 0 Å². The lowest BCUT2D eigenvalue weighted by Gasteiger charge is -2.36. The molecule has 4 atom stereocenters. The number of halogens is 3. The Morgan fingerprint density at radius 2 is 1.86 bits per heavy atom. The Morgan fingerprint density at radius 1 is 1.18 bits per heavy atom. The van der Waals surface area contributed by atoms with Crippen molar-refractivity contribution in [2.45, 2.75) is 52.1 Å². The van der Waals surface area contributed by atoms with Crippen LogP contribution in [0.1, 0.15) is 40.0 Å². The van der Waals surface area contributed by atoms with Crippen LogP contribution in [0.2, 0.25) is 0 Å². The molecule has 2 amide bonds. The first-order chi connectivity index (χ1) is 13.1. The van der Waals surface area contributed by atoms with Gasteiger partial charge in [0.1, 0.15) is 0 Å². The molecular weight excluding hydrogens is 371 g/mol. The van der Waals surface area contributed by atoms with Crippen molar-refractivity contribution in [2.24, 2.45) is 11.8 Å². The molecule has 8 heteroatoms. The number of nitrogens with one attached hydrogen (secondary N) is 2. The maximum atomic E-state index is 13.7. The van der Waals surface area contributed by atoms with E-state index in [9.17, 15) is 22.8 Å². The van der Waals surface area contributed by atoms with Gasteiger partial charge in [0.15, 0.2) is 17.5 Å². The van der Waals surface area contributed by atoms with E-state index in [2.05, 4.69) is 24.5 Å². The number of likely N-dealkylation sites (N-methyl/N-ethyl adjacent to an activating group) is 1. The van der Waals surface area contributed by atoms with Gasteiger partial charge in [-0.05, 0) is 44.4 Å². The highest BCUT2D eigenvalue weighted by atomic mass is 19.2. The fourth-order valence-electron chi connectivity index (χ4n) is 3.46. The van der Waals surface area contributed by atoms with Crippen LogP contribution in [0.5, 0.6) is 0 Å². The molecule has 156 valence electrons. The van der Waals surface area contributed by atoms with Crippen LogP contribution in [0.4, 0.5) is 18.9 Å². The number of benzene rings is 1. The van der Waals surface area contributed by atoms with Gasteiger partial charge in [-0.2, -0.15) is 0 Å². The number of nitrogens with zero attached hydrogens (tertiary/aromatic N) is 1. The van der Waals surface area contributed by atoms with Gasteiger partial charge >= 0.3 is 0 Å². The number of rotatable bonds is 6. The van der Waals surface area contributed by atoms with Crippen LogP contribution in [0, 0.1) is 29.3 Å². The summed E-state index contributed by atoms with van der Waals surface area (Å²) in [4.78, 5) is 26.2. The molecule has 0 aliphatic heterocycles. The first-order valence-corrected chi connectivity index (χ1v) is 9.55. The first-order valence-electron chi connectivity index (χ1n) is 9.55. The quantitative estimate of drug-likeness (QED) is 0.722. The second-order valence-electron chi connectivity index (χ2n) is 7.74. The van der Waals surface area contributed by atoms with Crippen molar-refractivity contribution in [2.75, 3.05) is 18.9 Å². The van der Waals surface area contributed by atoms with Crippen molar-refractivity contribution in [1.82, 2.24) is 10.2 Å². The minimum atomic E-state index is -1.64. The van der Waals surface area contributed by atoms with Crippen molar-refractivity contribution < 1.29 is 22.8 Å². The van der Waals surface area contributed by atoms with Crippen LogP contribution in [0.25, 0.3) is 0 Å². The second kappa shape index (κ2) is 9.41. The molecule has 2 rings (SSSR count). The predicted molar refractivity (Wildman–Crippen MR) is 101 cm³/mol. The van der Waals surface area contributed by atoms with E-state index in [1.807, 2.05) is 0 Å². The van der Waals surface area contributed by atoms with Gasteiger partial charge in [0.05, 0.1) is 18.3 Å². The molecule has 0 heterocycles. The average Bonchev–Trinajstić information content (AvgIpc) is 2.65. The summed E-state index contributed by atoms with van der Waals surface area (Å²) < 4.78 is 39.9. The molecular formula is C20H28F3N3O2. The lowest BCUT2D eigenvalue weighted by Crippen LogP contribution is -2.51. The second-order valence-corrected chi connectivity index (χ2v) is 7.74. The highest BCUT2D eigenvalue weighted by molar-refractivity contribution is 5.93. The number of anilines is 1. The van der Waals surface area contributed by atoms with Gasteiger partial charge in [-0.3, -0.25) is 14.5 Å². The van der Waals surface area contributed by atoms with Crippen LogP contribution >= 0.6 is 0 Å². The Labute approximate surface area is 163 Å². The fraction of sp³-hybridized carbons (Fsp3) is 0.600. The zero-order valence-corrected chi connectivity index (χ0v) is 16.7. The van der Waals surface area contributed by atoms with Gasteiger partial charge in [-0.1, -0.05) is 26.7 Å². The normalized spacial score (nSPS) is 23.4. The first kappa shape index (κ1) is 22.2. The summed E-state index contributed by atoms with van der Waals surface area (Å²) in [6.45, 7) is 5.79. The van der Waals surface area contributed by atoms with Crippen LogP contribution in [0.15, 0.2) is 12.1 Å².